The van der Waals surface area contributed by atoms with Crippen molar-refractivity contribution in [1.82, 2.24) is 4.90 Å². The number of nitrogens with zero attached hydrogens (tertiary/aromatic N) is 2. The molecule has 1 unspecified atom stereocenters. The number of carbonyl (C=O) groups is 2. The van der Waals surface area contributed by atoms with Gasteiger partial charge in [0.05, 0.1) is 18.2 Å². The van der Waals surface area contributed by atoms with E-state index in [1.807, 2.05) is 12.1 Å². The number of thiophene rings is 1. The quantitative estimate of drug-likeness (QED) is 0.740. The molecule has 2 N–H and O–H groups in total. The lowest BCUT2D eigenvalue weighted by atomic mass is 9.86. The summed E-state index contributed by atoms with van der Waals surface area (Å²) in [5.41, 5.74) is 2.75. The number of fused-ring (bicyclic) bond motifs is 1. The summed E-state index contributed by atoms with van der Waals surface area (Å²) in [7, 11) is 4.20. The molecular formula is C20H22N2O5S. The number of carboxylic acid groups (broad SMARTS) is 2. The van der Waals surface area contributed by atoms with Gasteiger partial charge >= 0.3 is 11.9 Å². The predicted molar refractivity (Wildman–Crippen MR) is 104 cm³/mol. The van der Waals surface area contributed by atoms with Crippen LogP contribution in [0, 0.1) is 11.3 Å². The van der Waals surface area contributed by atoms with E-state index in [0.717, 1.165) is 24.9 Å². The molecule has 0 saturated carbocycles. The molecule has 1 aliphatic rings. The second-order valence-corrected chi connectivity index (χ2v) is 7.54. The molecule has 1 aromatic heterocycles. The zero-order chi connectivity index (χ0) is 20.7. The number of aliphatic carboxylic acids is 2. The van der Waals surface area contributed by atoms with Crippen LogP contribution in [0.3, 0.4) is 0 Å². The molecule has 0 bridgehead atoms. The maximum atomic E-state index is 9.10. The molecule has 0 radical (unpaired) electrons. The monoisotopic (exact) mass is 402 g/mol. The molecule has 1 atom stereocenters. The number of rotatable bonds is 5. The lowest BCUT2D eigenvalue weighted by Crippen LogP contribution is -2.27. The van der Waals surface area contributed by atoms with Gasteiger partial charge in [-0.2, -0.15) is 5.26 Å². The topological polar surface area (TPSA) is 111 Å². The Morgan fingerprint density at radius 3 is 2.54 bits per heavy atom. The molecule has 0 saturated heterocycles. The van der Waals surface area contributed by atoms with Gasteiger partial charge in [-0.15, -0.1) is 11.3 Å². The van der Waals surface area contributed by atoms with Gasteiger partial charge in [0.25, 0.3) is 0 Å². The van der Waals surface area contributed by atoms with E-state index < -0.39 is 11.9 Å². The van der Waals surface area contributed by atoms with Gasteiger partial charge in [-0.1, -0.05) is 12.1 Å². The van der Waals surface area contributed by atoms with Gasteiger partial charge in [-0.05, 0) is 68.2 Å². The summed E-state index contributed by atoms with van der Waals surface area (Å²) in [5.74, 6) is -3.65. The highest BCUT2D eigenvalue weighted by molar-refractivity contribution is 7.10. The Morgan fingerprint density at radius 1 is 1.29 bits per heavy atom. The van der Waals surface area contributed by atoms with Crippen molar-refractivity contribution in [2.75, 3.05) is 20.6 Å². The van der Waals surface area contributed by atoms with Crippen LogP contribution in [-0.2, 0) is 26.5 Å². The van der Waals surface area contributed by atoms with Crippen LogP contribution in [0.1, 0.15) is 34.4 Å². The molecule has 0 fully saturated rings. The fraction of sp³-hybridized carbons (Fsp3) is 0.350. The zero-order valence-electron chi connectivity index (χ0n) is 15.7. The molecular weight excluding hydrogens is 380 g/mol. The van der Waals surface area contributed by atoms with E-state index in [4.69, 9.17) is 29.8 Å². The van der Waals surface area contributed by atoms with Gasteiger partial charge in [0, 0.05) is 4.88 Å². The molecule has 3 rings (SSSR count). The molecule has 148 valence electrons. The summed E-state index contributed by atoms with van der Waals surface area (Å²) in [6.07, 6.45) is 2.04. The van der Waals surface area contributed by atoms with Gasteiger partial charge in [0.1, 0.15) is 5.60 Å². The first-order valence-electron chi connectivity index (χ1n) is 8.62. The largest absolute Gasteiger partial charge is 0.473 e. The Balaban J connectivity index is 0.000000409. The molecule has 1 aromatic carbocycles. The molecule has 2 aromatic rings. The van der Waals surface area contributed by atoms with Gasteiger partial charge in [-0.3, -0.25) is 0 Å². The highest BCUT2D eigenvalue weighted by atomic mass is 32.1. The van der Waals surface area contributed by atoms with E-state index in [1.165, 1.54) is 10.4 Å². The molecule has 0 aliphatic carbocycles. The van der Waals surface area contributed by atoms with Crippen molar-refractivity contribution in [1.29, 1.82) is 5.26 Å². The third-order valence-electron chi connectivity index (χ3n) is 4.38. The minimum Gasteiger partial charge on any atom is -0.473 e. The lowest BCUT2D eigenvalue weighted by molar-refractivity contribution is -0.159. The number of benzene rings is 1. The normalized spacial score (nSPS) is 17.4. The first-order chi connectivity index (χ1) is 13.3. The van der Waals surface area contributed by atoms with Crippen LogP contribution >= 0.6 is 11.3 Å². The lowest BCUT2D eigenvalue weighted by Gasteiger charge is -2.29. The summed E-state index contributed by atoms with van der Waals surface area (Å²) in [6.45, 7) is 1.63. The number of hydrogen-bond acceptors (Lipinski definition) is 6. The predicted octanol–water partition coefficient (Wildman–Crippen LogP) is 2.89. The molecule has 28 heavy (non-hydrogen) atoms. The Labute approximate surface area is 167 Å². The molecule has 0 spiro atoms. The number of nitriles is 1. The molecule has 7 nitrogen and oxygen atoms in total. The van der Waals surface area contributed by atoms with Crippen molar-refractivity contribution in [3.8, 4) is 6.07 Å². The van der Waals surface area contributed by atoms with Crippen LogP contribution in [0.25, 0.3) is 0 Å². The van der Waals surface area contributed by atoms with E-state index in [1.54, 1.807) is 11.3 Å². The van der Waals surface area contributed by atoms with Gasteiger partial charge in [0.2, 0.25) is 0 Å². The standard InChI is InChI=1S/C18H20N2OS.C2H2O4/c1-20(2)9-4-8-18(17-5-3-10-22-17)16-7-6-14(12-19)11-15(16)13-21-18;3-1(4)2(5)6/h3,5-7,10-11H,4,8-9,13H2,1-2H3;(H,3,4)(H,5,6). The minimum atomic E-state index is -1.82. The van der Waals surface area contributed by atoms with Crippen molar-refractivity contribution >= 4 is 23.3 Å². The van der Waals surface area contributed by atoms with Gasteiger partial charge < -0.3 is 19.8 Å². The highest BCUT2D eigenvalue weighted by Gasteiger charge is 2.42. The van der Waals surface area contributed by atoms with Crippen LogP contribution in [0.15, 0.2) is 35.7 Å². The Morgan fingerprint density at radius 2 is 2.00 bits per heavy atom. The molecule has 2 heterocycles. The van der Waals surface area contributed by atoms with E-state index >= 15 is 0 Å². The first kappa shape index (κ1) is 21.6. The minimum absolute atomic E-state index is 0.340. The van der Waals surface area contributed by atoms with Crippen molar-refractivity contribution in [2.24, 2.45) is 0 Å². The van der Waals surface area contributed by atoms with Crippen molar-refractivity contribution in [3.05, 3.63) is 57.3 Å². The van der Waals surface area contributed by atoms with E-state index in [9.17, 15) is 0 Å². The molecule has 0 amide bonds. The number of carboxylic acids is 2. The fourth-order valence-electron chi connectivity index (χ4n) is 3.14. The van der Waals surface area contributed by atoms with E-state index in [2.05, 4.69) is 48.6 Å². The van der Waals surface area contributed by atoms with Crippen LogP contribution in [0.5, 0.6) is 0 Å². The van der Waals surface area contributed by atoms with E-state index in [-0.39, 0.29) is 5.60 Å². The van der Waals surface area contributed by atoms with Crippen LogP contribution in [-0.4, -0.2) is 47.7 Å². The smallest absolute Gasteiger partial charge is 0.414 e. The first-order valence-corrected chi connectivity index (χ1v) is 9.50. The average Bonchev–Trinajstić information content (AvgIpc) is 3.30. The molecule has 1 aliphatic heterocycles. The SMILES string of the molecule is CN(C)CCCC1(c2cccs2)OCc2cc(C#N)ccc21.O=C(O)C(=O)O. The fourth-order valence-corrected chi connectivity index (χ4v) is 4.06. The number of ether oxygens (including phenoxy) is 1. The highest BCUT2D eigenvalue weighted by Crippen LogP contribution is 2.47. The third kappa shape index (κ3) is 4.95. The summed E-state index contributed by atoms with van der Waals surface area (Å²) in [4.78, 5) is 21.7. The summed E-state index contributed by atoms with van der Waals surface area (Å²) >= 11 is 1.75. The second-order valence-electron chi connectivity index (χ2n) is 6.59. The van der Waals surface area contributed by atoms with Crippen molar-refractivity contribution in [3.63, 3.8) is 0 Å². The maximum absolute atomic E-state index is 9.10. The summed E-state index contributed by atoms with van der Waals surface area (Å²) in [5, 5.41) is 26.0. The third-order valence-corrected chi connectivity index (χ3v) is 5.39. The average molecular weight is 402 g/mol. The van der Waals surface area contributed by atoms with Crippen LogP contribution in [0.4, 0.5) is 0 Å². The van der Waals surface area contributed by atoms with Crippen molar-refractivity contribution < 1.29 is 24.5 Å². The zero-order valence-corrected chi connectivity index (χ0v) is 16.5. The second kappa shape index (κ2) is 9.46. The number of hydrogen-bond donors (Lipinski definition) is 2. The van der Waals surface area contributed by atoms with Crippen LogP contribution < -0.4 is 0 Å². The Hall–Kier alpha value is -2.73. The Kier molecular flexibility index (Phi) is 7.29. The van der Waals surface area contributed by atoms with Gasteiger partial charge in [-0.25, -0.2) is 9.59 Å². The Bertz CT molecular complexity index is 861. The summed E-state index contributed by atoms with van der Waals surface area (Å²) in [6, 6.07) is 12.4. The molecule has 8 heteroatoms. The van der Waals surface area contributed by atoms with Gasteiger partial charge in [0.15, 0.2) is 0 Å². The maximum Gasteiger partial charge on any atom is 0.414 e. The van der Waals surface area contributed by atoms with Crippen molar-refractivity contribution in [2.45, 2.75) is 25.0 Å². The van der Waals surface area contributed by atoms with E-state index in [0.29, 0.717) is 12.2 Å². The van der Waals surface area contributed by atoms with Crippen LogP contribution in [0.2, 0.25) is 0 Å². The summed E-state index contributed by atoms with van der Waals surface area (Å²) < 4.78 is 6.32.